The van der Waals surface area contributed by atoms with E-state index in [4.69, 9.17) is 0 Å². The molecule has 130 valence electrons. The number of aromatic nitrogens is 4. The van der Waals surface area contributed by atoms with E-state index >= 15 is 0 Å². The van der Waals surface area contributed by atoms with Crippen molar-refractivity contribution in [3.05, 3.63) is 69.6 Å². The molecule has 8 nitrogen and oxygen atoms in total. The predicted molar refractivity (Wildman–Crippen MR) is 99.7 cm³/mol. The third kappa shape index (κ3) is 3.11. The molecule has 0 aliphatic heterocycles. The van der Waals surface area contributed by atoms with E-state index in [1.54, 1.807) is 46.8 Å². The van der Waals surface area contributed by atoms with Crippen LogP contribution in [0.1, 0.15) is 10.4 Å². The van der Waals surface area contributed by atoms with Gasteiger partial charge in [0.15, 0.2) is 0 Å². The lowest BCUT2D eigenvalue weighted by Gasteiger charge is -2.09. The first-order valence-corrected chi connectivity index (χ1v) is 8.65. The molecule has 1 N–H and O–H groups in total. The Balaban J connectivity index is 1.69. The van der Waals surface area contributed by atoms with Crippen LogP contribution in [-0.2, 0) is 6.54 Å². The fourth-order valence-corrected chi connectivity index (χ4v) is 3.50. The van der Waals surface area contributed by atoms with Crippen LogP contribution in [0.2, 0.25) is 0 Å². The van der Waals surface area contributed by atoms with E-state index in [1.165, 1.54) is 6.07 Å². The van der Waals surface area contributed by atoms with Crippen molar-refractivity contribution in [3.63, 3.8) is 0 Å². The maximum Gasteiger partial charge on any atom is 0.269 e. The van der Waals surface area contributed by atoms with Crippen LogP contribution < -0.4 is 5.32 Å². The standard InChI is InChI=1S/C17H14N6O2S/c1-11-7-14-15(19-9-12-3-2-4-13(8-12)23(24)25)20-17(21-16(14)26-11)22-6-5-18-10-22/h2-8,10H,9H2,1H3,(H,19,20,21). The number of nitro groups is 1. The summed E-state index contributed by atoms with van der Waals surface area (Å²) in [5, 5.41) is 15.2. The van der Waals surface area contributed by atoms with Gasteiger partial charge in [-0.1, -0.05) is 12.1 Å². The summed E-state index contributed by atoms with van der Waals surface area (Å²) in [4.78, 5) is 25.8. The normalized spacial score (nSPS) is 11.0. The molecular weight excluding hydrogens is 352 g/mol. The van der Waals surface area contributed by atoms with Crippen molar-refractivity contribution < 1.29 is 4.92 Å². The van der Waals surface area contributed by atoms with Crippen LogP contribution in [0.3, 0.4) is 0 Å². The number of hydrogen-bond donors (Lipinski definition) is 1. The van der Waals surface area contributed by atoms with Gasteiger partial charge in [0.2, 0.25) is 5.95 Å². The van der Waals surface area contributed by atoms with E-state index in [0.717, 1.165) is 20.7 Å². The Bertz CT molecular complexity index is 1090. The lowest BCUT2D eigenvalue weighted by atomic mass is 10.2. The van der Waals surface area contributed by atoms with Crippen molar-refractivity contribution >= 4 is 33.1 Å². The number of nitro benzene ring substituents is 1. The minimum Gasteiger partial charge on any atom is -0.365 e. The molecule has 3 heterocycles. The molecule has 26 heavy (non-hydrogen) atoms. The van der Waals surface area contributed by atoms with Gasteiger partial charge in [0.25, 0.3) is 5.69 Å². The third-order valence-corrected chi connectivity index (χ3v) is 4.77. The van der Waals surface area contributed by atoms with Crippen LogP contribution in [0.15, 0.2) is 49.1 Å². The lowest BCUT2D eigenvalue weighted by Crippen LogP contribution is -2.06. The van der Waals surface area contributed by atoms with Gasteiger partial charge in [0.1, 0.15) is 17.0 Å². The molecule has 3 aromatic heterocycles. The van der Waals surface area contributed by atoms with Crippen molar-refractivity contribution in [3.8, 4) is 5.95 Å². The van der Waals surface area contributed by atoms with Gasteiger partial charge < -0.3 is 5.32 Å². The summed E-state index contributed by atoms with van der Waals surface area (Å²) in [6, 6.07) is 8.59. The zero-order valence-electron chi connectivity index (χ0n) is 13.8. The van der Waals surface area contributed by atoms with Crippen molar-refractivity contribution in [2.45, 2.75) is 13.5 Å². The van der Waals surface area contributed by atoms with Gasteiger partial charge >= 0.3 is 0 Å². The van der Waals surface area contributed by atoms with Crippen molar-refractivity contribution in [1.29, 1.82) is 0 Å². The summed E-state index contributed by atoms with van der Waals surface area (Å²) < 4.78 is 1.74. The minimum atomic E-state index is -0.397. The quantitative estimate of drug-likeness (QED) is 0.427. The highest BCUT2D eigenvalue weighted by molar-refractivity contribution is 7.18. The smallest absolute Gasteiger partial charge is 0.269 e. The maximum atomic E-state index is 10.9. The van der Waals surface area contributed by atoms with E-state index in [2.05, 4.69) is 20.3 Å². The molecule has 0 aliphatic rings. The average molecular weight is 366 g/mol. The van der Waals surface area contributed by atoms with Gasteiger partial charge in [-0.3, -0.25) is 14.7 Å². The number of thiophene rings is 1. The summed E-state index contributed by atoms with van der Waals surface area (Å²) >= 11 is 1.59. The van der Waals surface area contributed by atoms with Gasteiger partial charge in [-0.05, 0) is 18.6 Å². The fraction of sp³-hybridized carbons (Fsp3) is 0.118. The van der Waals surface area contributed by atoms with Gasteiger partial charge in [0, 0.05) is 35.9 Å². The van der Waals surface area contributed by atoms with E-state index < -0.39 is 4.92 Å². The molecule has 0 amide bonds. The molecule has 0 saturated heterocycles. The van der Waals surface area contributed by atoms with Gasteiger partial charge in [0.05, 0.1) is 10.3 Å². The zero-order valence-corrected chi connectivity index (χ0v) is 14.6. The number of nitrogens with one attached hydrogen (secondary N) is 1. The van der Waals surface area contributed by atoms with Gasteiger partial charge in [-0.15, -0.1) is 11.3 Å². The first-order chi connectivity index (χ1) is 12.6. The lowest BCUT2D eigenvalue weighted by molar-refractivity contribution is -0.384. The number of nitrogens with zero attached hydrogens (tertiary/aromatic N) is 5. The van der Waals surface area contributed by atoms with E-state index in [9.17, 15) is 10.1 Å². The molecule has 0 radical (unpaired) electrons. The molecule has 0 saturated carbocycles. The summed E-state index contributed by atoms with van der Waals surface area (Å²) in [6.45, 7) is 2.44. The van der Waals surface area contributed by atoms with E-state index in [1.807, 2.05) is 19.1 Å². The van der Waals surface area contributed by atoms with Crippen LogP contribution in [0.4, 0.5) is 11.5 Å². The van der Waals surface area contributed by atoms with E-state index in [-0.39, 0.29) is 5.69 Å². The maximum absolute atomic E-state index is 10.9. The second-order valence-corrected chi connectivity index (χ2v) is 6.93. The highest BCUT2D eigenvalue weighted by Gasteiger charge is 2.12. The molecule has 1 aromatic carbocycles. The SMILES string of the molecule is Cc1cc2c(NCc3cccc([N+](=O)[O-])c3)nc(-n3ccnc3)nc2s1. The second kappa shape index (κ2) is 6.52. The van der Waals surface area contributed by atoms with Gasteiger partial charge in [-0.2, -0.15) is 4.98 Å². The molecule has 0 aliphatic carbocycles. The van der Waals surface area contributed by atoms with Crippen LogP contribution in [0.5, 0.6) is 0 Å². The molecule has 4 aromatic rings. The molecule has 0 fully saturated rings. The Morgan fingerprint density at radius 3 is 2.96 bits per heavy atom. The number of aryl methyl sites for hydroxylation is 1. The molecule has 9 heteroatoms. The highest BCUT2D eigenvalue weighted by Crippen LogP contribution is 2.29. The first kappa shape index (κ1) is 16.2. The number of rotatable bonds is 5. The third-order valence-electron chi connectivity index (χ3n) is 3.82. The van der Waals surface area contributed by atoms with Crippen molar-refractivity contribution in [2.75, 3.05) is 5.32 Å². The molecular formula is C17H14N6O2S. The number of fused-ring (bicyclic) bond motifs is 1. The highest BCUT2D eigenvalue weighted by atomic mass is 32.1. The van der Waals surface area contributed by atoms with Gasteiger partial charge in [-0.25, -0.2) is 9.97 Å². The molecule has 4 rings (SSSR count). The number of imidazole rings is 1. The number of anilines is 1. The Labute approximate surface area is 152 Å². The summed E-state index contributed by atoms with van der Waals surface area (Å²) in [5.74, 6) is 1.22. The van der Waals surface area contributed by atoms with E-state index in [0.29, 0.717) is 18.3 Å². The fourth-order valence-electron chi connectivity index (χ4n) is 2.62. The Hall–Kier alpha value is -3.33. The van der Waals surface area contributed by atoms with Crippen molar-refractivity contribution in [2.24, 2.45) is 0 Å². The largest absolute Gasteiger partial charge is 0.365 e. The second-order valence-electron chi connectivity index (χ2n) is 5.70. The Morgan fingerprint density at radius 1 is 1.31 bits per heavy atom. The van der Waals surface area contributed by atoms with Crippen LogP contribution >= 0.6 is 11.3 Å². The minimum absolute atomic E-state index is 0.0719. The summed E-state index contributed by atoms with van der Waals surface area (Å²) in [7, 11) is 0. The van der Waals surface area contributed by atoms with Crippen molar-refractivity contribution in [1.82, 2.24) is 19.5 Å². The first-order valence-electron chi connectivity index (χ1n) is 7.84. The number of benzene rings is 1. The van der Waals surface area contributed by atoms with Crippen LogP contribution in [0, 0.1) is 17.0 Å². The van der Waals surface area contributed by atoms with Crippen LogP contribution in [-0.4, -0.2) is 24.4 Å². The monoisotopic (exact) mass is 366 g/mol. The molecule has 0 spiro atoms. The summed E-state index contributed by atoms with van der Waals surface area (Å²) in [5.41, 5.74) is 0.879. The number of non-ortho nitro benzene ring substituents is 1. The molecule has 0 unspecified atom stereocenters. The number of hydrogen-bond acceptors (Lipinski definition) is 7. The molecule has 0 bridgehead atoms. The zero-order chi connectivity index (χ0) is 18.1. The summed E-state index contributed by atoms with van der Waals surface area (Å²) in [6.07, 6.45) is 5.10. The molecule has 0 atom stereocenters. The predicted octanol–water partition coefficient (Wildman–Crippen LogP) is 3.71. The topological polar surface area (TPSA) is 98.8 Å². The van der Waals surface area contributed by atoms with Crippen LogP contribution in [0.25, 0.3) is 16.2 Å². The Kier molecular flexibility index (Phi) is 4.05. The average Bonchev–Trinajstić information content (AvgIpc) is 3.28. The Morgan fingerprint density at radius 2 is 2.19 bits per heavy atom.